The van der Waals surface area contributed by atoms with Gasteiger partial charge in [-0.25, -0.2) is 0 Å². The molecule has 0 spiro atoms. The van der Waals surface area contributed by atoms with Gasteiger partial charge >= 0.3 is 0 Å². The first-order valence-electron chi connectivity index (χ1n) is 8.42. The minimum Gasteiger partial charge on any atom is -0.497 e. The Balaban J connectivity index is 1.45. The molecule has 1 fully saturated rings. The summed E-state index contributed by atoms with van der Waals surface area (Å²) >= 11 is 1.56. The zero-order valence-electron chi connectivity index (χ0n) is 14.5. The molecule has 0 aliphatic heterocycles. The molecule has 0 unspecified atom stereocenters. The van der Waals surface area contributed by atoms with Crippen molar-refractivity contribution < 1.29 is 9.26 Å². The minimum absolute atomic E-state index is 0.495. The van der Waals surface area contributed by atoms with E-state index < -0.39 is 0 Å². The molecule has 2 aromatic heterocycles. The van der Waals surface area contributed by atoms with Gasteiger partial charge in [-0.3, -0.25) is 0 Å². The van der Waals surface area contributed by atoms with E-state index in [-0.39, 0.29) is 0 Å². The molecule has 1 aliphatic rings. The number of ether oxygens (including phenoxy) is 1. The highest BCUT2D eigenvalue weighted by Crippen LogP contribution is 2.40. The van der Waals surface area contributed by atoms with Crippen LogP contribution in [0.1, 0.15) is 30.4 Å². The molecule has 3 aromatic rings. The van der Waals surface area contributed by atoms with Crippen molar-refractivity contribution in [3.8, 4) is 17.2 Å². The number of aromatic nitrogens is 5. The Morgan fingerprint density at radius 1 is 1.31 bits per heavy atom. The number of benzene rings is 1. The van der Waals surface area contributed by atoms with Crippen LogP contribution in [0.15, 0.2) is 46.6 Å². The quantitative estimate of drug-likeness (QED) is 0.442. The molecule has 7 nitrogen and oxygen atoms in total. The third-order valence-corrected chi connectivity index (χ3v) is 5.10. The molecular formula is C18H19N5O2S. The summed E-state index contributed by atoms with van der Waals surface area (Å²) in [6.45, 7) is 4.54. The van der Waals surface area contributed by atoms with E-state index in [1.54, 1.807) is 18.9 Å². The Labute approximate surface area is 155 Å². The van der Waals surface area contributed by atoms with E-state index in [1.165, 1.54) is 12.8 Å². The maximum absolute atomic E-state index is 5.37. The van der Waals surface area contributed by atoms with Gasteiger partial charge in [-0.05, 0) is 37.1 Å². The van der Waals surface area contributed by atoms with Gasteiger partial charge in [0.2, 0.25) is 0 Å². The highest BCUT2D eigenvalue weighted by atomic mass is 32.2. The summed E-state index contributed by atoms with van der Waals surface area (Å²) in [5.74, 6) is 4.08. The Bertz CT molecular complexity index is 899. The van der Waals surface area contributed by atoms with E-state index >= 15 is 0 Å². The lowest BCUT2D eigenvalue weighted by Gasteiger charge is -2.05. The third kappa shape index (κ3) is 3.50. The molecule has 1 aromatic carbocycles. The molecule has 8 heteroatoms. The maximum atomic E-state index is 5.37. The number of hydrogen-bond donors (Lipinski definition) is 0. The van der Waals surface area contributed by atoms with Crippen LogP contribution in [-0.2, 0) is 12.3 Å². The first-order chi connectivity index (χ1) is 12.8. The summed E-state index contributed by atoms with van der Waals surface area (Å²) in [5, 5.41) is 13.6. The number of hydrogen-bond acceptors (Lipinski definition) is 7. The SMILES string of the molecule is C=CCn1c(SCc2noc(-c3ccc(OC)cc3)n2)nnc1C1CC1. The maximum Gasteiger partial charge on any atom is 0.257 e. The second-order valence-corrected chi connectivity index (χ2v) is 6.99. The summed E-state index contributed by atoms with van der Waals surface area (Å²) < 4.78 is 12.7. The molecule has 0 radical (unpaired) electrons. The van der Waals surface area contributed by atoms with E-state index in [9.17, 15) is 0 Å². The molecule has 0 atom stereocenters. The average molecular weight is 369 g/mol. The summed E-state index contributed by atoms with van der Waals surface area (Å²) in [4.78, 5) is 4.46. The second kappa shape index (κ2) is 7.33. The Kier molecular flexibility index (Phi) is 4.75. The predicted molar refractivity (Wildman–Crippen MR) is 98.0 cm³/mol. The topological polar surface area (TPSA) is 78.9 Å². The molecule has 134 valence electrons. The van der Waals surface area contributed by atoms with Gasteiger partial charge in [0.1, 0.15) is 11.6 Å². The summed E-state index contributed by atoms with van der Waals surface area (Å²) in [5.41, 5.74) is 0.861. The smallest absolute Gasteiger partial charge is 0.257 e. The number of allylic oxidation sites excluding steroid dienone is 1. The molecule has 4 rings (SSSR count). The van der Waals surface area contributed by atoms with Crippen LogP contribution in [0.4, 0.5) is 0 Å². The second-order valence-electron chi connectivity index (χ2n) is 6.05. The Morgan fingerprint density at radius 3 is 2.81 bits per heavy atom. The number of thioether (sulfide) groups is 1. The van der Waals surface area contributed by atoms with Gasteiger partial charge in [0.05, 0.1) is 12.9 Å². The van der Waals surface area contributed by atoms with Crippen molar-refractivity contribution in [2.45, 2.75) is 36.2 Å². The fraction of sp³-hybridized carbons (Fsp3) is 0.333. The first-order valence-corrected chi connectivity index (χ1v) is 9.41. The van der Waals surface area contributed by atoms with Crippen molar-refractivity contribution in [2.75, 3.05) is 7.11 Å². The van der Waals surface area contributed by atoms with Gasteiger partial charge in [0, 0.05) is 18.0 Å². The number of nitrogens with zero attached hydrogens (tertiary/aromatic N) is 5. The van der Waals surface area contributed by atoms with Crippen LogP contribution in [0.5, 0.6) is 5.75 Å². The molecule has 26 heavy (non-hydrogen) atoms. The molecule has 1 aliphatic carbocycles. The third-order valence-electron chi connectivity index (χ3n) is 4.14. The minimum atomic E-state index is 0.495. The number of rotatable bonds is 8. The number of methoxy groups -OCH3 is 1. The standard InChI is InChI=1S/C18H19N5O2S/c1-3-10-23-16(12-4-5-12)20-21-18(23)26-11-15-19-17(25-22-15)13-6-8-14(24-2)9-7-13/h3,6-9,12H,1,4-5,10-11H2,2H3. The van der Waals surface area contributed by atoms with Crippen molar-refractivity contribution in [2.24, 2.45) is 0 Å². The lowest BCUT2D eigenvalue weighted by molar-refractivity contribution is 0.414. The predicted octanol–water partition coefficient (Wildman–Crippen LogP) is 3.69. The molecular weight excluding hydrogens is 350 g/mol. The zero-order valence-corrected chi connectivity index (χ0v) is 15.3. The summed E-state index contributed by atoms with van der Waals surface area (Å²) in [7, 11) is 1.64. The van der Waals surface area contributed by atoms with Crippen LogP contribution in [0.25, 0.3) is 11.5 Å². The van der Waals surface area contributed by atoms with Crippen molar-refractivity contribution in [3.63, 3.8) is 0 Å². The van der Waals surface area contributed by atoms with Gasteiger partial charge < -0.3 is 13.8 Å². The van der Waals surface area contributed by atoms with Gasteiger partial charge in [-0.15, -0.1) is 16.8 Å². The Morgan fingerprint density at radius 2 is 2.12 bits per heavy atom. The summed E-state index contributed by atoms with van der Waals surface area (Å²) in [6.07, 6.45) is 4.25. The molecule has 0 bridgehead atoms. The van der Waals surface area contributed by atoms with Crippen LogP contribution >= 0.6 is 11.8 Å². The van der Waals surface area contributed by atoms with Crippen molar-refractivity contribution in [1.29, 1.82) is 0 Å². The monoisotopic (exact) mass is 369 g/mol. The van der Waals surface area contributed by atoms with Crippen LogP contribution in [0.2, 0.25) is 0 Å². The highest BCUT2D eigenvalue weighted by molar-refractivity contribution is 7.98. The van der Waals surface area contributed by atoms with E-state index in [4.69, 9.17) is 9.26 Å². The molecule has 0 amide bonds. The van der Waals surface area contributed by atoms with Crippen LogP contribution in [0.3, 0.4) is 0 Å². The highest BCUT2D eigenvalue weighted by Gasteiger charge is 2.30. The fourth-order valence-corrected chi connectivity index (χ4v) is 3.44. The molecule has 0 saturated heterocycles. The van der Waals surface area contributed by atoms with Gasteiger partial charge in [-0.2, -0.15) is 4.98 Å². The first kappa shape index (κ1) is 16.8. The van der Waals surface area contributed by atoms with Gasteiger partial charge in [0.15, 0.2) is 11.0 Å². The fourth-order valence-electron chi connectivity index (χ4n) is 2.64. The van der Waals surface area contributed by atoms with Gasteiger partial charge in [0.25, 0.3) is 5.89 Å². The lowest BCUT2D eigenvalue weighted by atomic mass is 10.2. The van der Waals surface area contributed by atoms with Crippen molar-refractivity contribution in [3.05, 3.63) is 48.6 Å². The van der Waals surface area contributed by atoms with Crippen molar-refractivity contribution in [1.82, 2.24) is 24.9 Å². The largest absolute Gasteiger partial charge is 0.497 e. The van der Waals surface area contributed by atoms with Crippen LogP contribution in [0, 0.1) is 0 Å². The van der Waals surface area contributed by atoms with Crippen LogP contribution in [-0.4, -0.2) is 32.0 Å². The molecule has 2 heterocycles. The molecule has 1 saturated carbocycles. The Hall–Kier alpha value is -2.61. The lowest BCUT2D eigenvalue weighted by Crippen LogP contribution is -2.02. The summed E-state index contributed by atoms with van der Waals surface area (Å²) in [6, 6.07) is 7.52. The molecule has 0 N–H and O–H groups in total. The average Bonchev–Trinajstić information content (AvgIpc) is 3.27. The zero-order chi connectivity index (χ0) is 17.9. The van der Waals surface area contributed by atoms with Gasteiger partial charge in [-0.1, -0.05) is 23.0 Å². The van der Waals surface area contributed by atoms with Crippen molar-refractivity contribution >= 4 is 11.8 Å². The van der Waals surface area contributed by atoms with E-state index in [0.29, 0.717) is 29.9 Å². The van der Waals surface area contributed by atoms with E-state index in [2.05, 4.69) is 31.5 Å². The normalized spacial score (nSPS) is 13.7. The van der Waals surface area contributed by atoms with Crippen LogP contribution < -0.4 is 4.74 Å². The van der Waals surface area contributed by atoms with E-state index in [0.717, 1.165) is 22.3 Å². The van der Waals surface area contributed by atoms with E-state index in [1.807, 2.05) is 30.3 Å².